The molecule has 0 aromatic rings. The highest BCUT2D eigenvalue weighted by Crippen LogP contribution is 2.28. The number of hydrogen-bond donors (Lipinski definition) is 1. The fraction of sp³-hybridized carbons (Fsp3) is 0.944. The maximum atomic E-state index is 12.4. The molecule has 0 spiro atoms. The average molecular weight is 378 g/mol. The van der Waals surface area contributed by atoms with Gasteiger partial charge in [0, 0.05) is 33.8 Å². The van der Waals surface area contributed by atoms with Crippen molar-refractivity contribution in [2.75, 3.05) is 60.0 Å². The maximum Gasteiger partial charge on any atom is 0.401 e. The first-order valence-electron chi connectivity index (χ1n) is 9.66. The fourth-order valence-corrected chi connectivity index (χ4v) is 3.30. The van der Waals surface area contributed by atoms with Crippen molar-refractivity contribution < 1.29 is 17.9 Å². The second-order valence-corrected chi connectivity index (χ2v) is 7.54. The van der Waals surface area contributed by atoms with Gasteiger partial charge in [0.2, 0.25) is 0 Å². The molecular weight excluding hydrogens is 345 g/mol. The maximum absolute atomic E-state index is 12.4. The first-order valence-corrected chi connectivity index (χ1v) is 9.66. The minimum absolute atomic E-state index is 0.484. The van der Waals surface area contributed by atoms with Crippen LogP contribution in [0.25, 0.3) is 0 Å². The summed E-state index contributed by atoms with van der Waals surface area (Å²) < 4.78 is 42.9. The van der Waals surface area contributed by atoms with Gasteiger partial charge in [-0.25, -0.2) is 0 Å². The summed E-state index contributed by atoms with van der Waals surface area (Å²) >= 11 is 0. The summed E-state index contributed by atoms with van der Waals surface area (Å²) in [6, 6.07) is 0. The molecule has 0 aromatic heterocycles. The summed E-state index contributed by atoms with van der Waals surface area (Å²) in [7, 11) is 3.75. The molecule has 8 heteroatoms. The smallest absolute Gasteiger partial charge is 0.379 e. The number of hydrogen-bond acceptors (Lipinski definition) is 3. The molecule has 0 unspecified atom stereocenters. The standard InChI is InChI=1S/C18H33F3N4O/c1-22-17(24(2)11-12-26-13-16-3-4-16)23-8-5-15-6-9-25(10-7-15)14-18(19,20)21/h15-16H,3-14H2,1-2H3,(H,22,23). The molecular formula is C18H33F3N4O. The third-order valence-electron chi connectivity index (χ3n) is 5.14. The van der Waals surface area contributed by atoms with Crippen molar-refractivity contribution >= 4 is 5.96 Å². The molecule has 1 aliphatic heterocycles. The monoisotopic (exact) mass is 378 g/mol. The Morgan fingerprint density at radius 3 is 2.46 bits per heavy atom. The molecule has 5 nitrogen and oxygen atoms in total. The molecule has 2 aliphatic rings. The van der Waals surface area contributed by atoms with Crippen LogP contribution in [-0.4, -0.2) is 82.0 Å². The van der Waals surface area contributed by atoms with Crippen molar-refractivity contribution in [3.8, 4) is 0 Å². The van der Waals surface area contributed by atoms with Gasteiger partial charge >= 0.3 is 6.18 Å². The topological polar surface area (TPSA) is 40.1 Å². The van der Waals surface area contributed by atoms with Gasteiger partial charge in [-0.15, -0.1) is 0 Å². The first kappa shape index (κ1) is 21.3. The van der Waals surface area contributed by atoms with Crippen LogP contribution >= 0.6 is 0 Å². The highest BCUT2D eigenvalue weighted by Gasteiger charge is 2.32. The van der Waals surface area contributed by atoms with Crippen LogP contribution in [0.5, 0.6) is 0 Å². The van der Waals surface area contributed by atoms with E-state index < -0.39 is 12.7 Å². The SMILES string of the molecule is CN=C(NCCC1CCN(CC(F)(F)F)CC1)N(C)CCOCC1CC1. The largest absolute Gasteiger partial charge is 0.401 e. The van der Waals surface area contributed by atoms with Gasteiger partial charge in [0.15, 0.2) is 5.96 Å². The summed E-state index contributed by atoms with van der Waals surface area (Å²) in [4.78, 5) is 7.86. The summed E-state index contributed by atoms with van der Waals surface area (Å²) in [5.74, 6) is 2.10. The van der Waals surface area contributed by atoms with Gasteiger partial charge < -0.3 is 15.0 Å². The number of guanidine groups is 1. The van der Waals surface area contributed by atoms with Gasteiger partial charge in [0.25, 0.3) is 0 Å². The zero-order chi connectivity index (χ0) is 19.0. The summed E-state index contributed by atoms with van der Waals surface area (Å²) in [5, 5.41) is 3.35. The van der Waals surface area contributed by atoms with Gasteiger partial charge in [0.05, 0.1) is 13.2 Å². The molecule has 0 atom stereocenters. The minimum atomic E-state index is -4.09. The number of likely N-dealkylation sites (tertiary alicyclic amines) is 1. The van der Waals surface area contributed by atoms with E-state index in [0.717, 1.165) is 50.8 Å². The Bertz CT molecular complexity index is 433. The van der Waals surface area contributed by atoms with Crippen LogP contribution in [0.4, 0.5) is 13.2 Å². The Hall–Kier alpha value is -1.02. The van der Waals surface area contributed by atoms with E-state index in [1.165, 1.54) is 17.7 Å². The number of ether oxygens (including phenoxy) is 1. The third-order valence-corrected chi connectivity index (χ3v) is 5.14. The van der Waals surface area contributed by atoms with Crippen LogP contribution in [0.3, 0.4) is 0 Å². The van der Waals surface area contributed by atoms with Crippen LogP contribution in [-0.2, 0) is 4.74 Å². The Morgan fingerprint density at radius 1 is 1.19 bits per heavy atom. The van der Waals surface area contributed by atoms with E-state index in [-0.39, 0.29) is 0 Å². The van der Waals surface area contributed by atoms with Gasteiger partial charge in [-0.1, -0.05) is 0 Å². The average Bonchev–Trinajstić information content (AvgIpc) is 3.40. The van der Waals surface area contributed by atoms with E-state index in [0.29, 0.717) is 25.6 Å². The third kappa shape index (κ3) is 8.58. The van der Waals surface area contributed by atoms with E-state index in [2.05, 4.69) is 15.2 Å². The van der Waals surface area contributed by atoms with Crippen molar-refractivity contribution in [2.24, 2.45) is 16.8 Å². The lowest BCUT2D eigenvalue weighted by molar-refractivity contribution is -0.148. The van der Waals surface area contributed by atoms with Crippen molar-refractivity contribution in [2.45, 2.75) is 38.3 Å². The molecule has 2 rings (SSSR count). The Morgan fingerprint density at radius 2 is 1.88 bits per heavy atom. The predicted molar refractivity (Wildman–Crippen MR) is 97.4 cm³/mol. The summed E-state index contributed by atoms with van der Waals surface area (Å²) in [5.41, 5.74) is 0. The molecule has 1 heterocycles. The van der Waals surface area contributed by atoms with Crippen LogP contribution in [0.15, 0.2) is 4.99 Å². The molecule has 2 fully saturated rings. The molecule has 152 valence electrons. The fourth-order valence-electron chi connectivity index (χ4n) is 3.30. The predicted octanol–water partition coefficient (Wildman–Crippen LogP) is 2.58. The molecule has 1 N–H and O–H groups in total. The Kier molecular flexibility index (Phi) is 8.47. The Balaban J connectivity index is 1.55. The lowest BCUT2D eigenvalue weighted by Crippen LogP contribution is -2.42. The van der Waals surface area contributed by atoms with Crippen LogP contribution in [0, 0.1) is 11.8 Å². The minimum Gasteiger partial charge on any atom is -0.379 e. The number of nitrogens with one attached hydrogen (secondary N) is 1. The molecule has 0 bridgehead atoms. The normalized spacial score (nSPS) is 20.4. The molecule has 0 amide bonds. The second-order valence-electron chi connectivity index (χ2n) is 7.54. The number of piperidine rings is 1. The number of aliphatic imine (C=N–C) groups is 1. The van der Waals surface area contributed by atoms with Crippen LogP contribution < -0.4 is 5.32 Å². The van der Waals surface area contributed by atoms with Gasteiger partial charge in [-0.2, -0.15) is 13.2 Å². The molecule has 1 saturated heterocycles. The van der Waals surface area contributed by atoms with Gasteiger partial charge in [-0.05, 0) is 57.0 Å². The van der Waals surface area contributed by atoms with Crippen molar-refractivity contribution in [1.82, 2.24) is 15.1 Å². The van der Waals surface area contributed by atoms with E-state index >= 15 is 0 Å². The number of alkyl halides is 3. The number of likely N-dealkylation sites (N-methyl/N-ethyl adjacent to an activating group) is 1. The number of rotatable bonds is 9. The molecule has 0 radical (unpaired) electrons. The first-order chi connectivity index (χ1) is 12.4. The van der Waals surface area contributed by atoms with Crippen molar-refractivity contribution in [1.29, 1.82) is 0 Å². The lowest BCUT2D eigenvalue weighted by atomic mass is 9.93. The van der Waals surface area contributed by atoms with Crippen LogP contribution in [0.2, 0.25) is 0 Å². The van der Waals surface area contributed by atoms with E-state index in [1.54, 1.807) is 7.05 Å². The molecule has 1 saturated carbocycles. The zero-order valence-corrected chi connectivity index (χ0v) is 16.0. The zero-order valence-electron chi connectivity index (χ0n) is 16.0. The summed E-state index contributed by atoms with van der Waals surface area (Å²) in [6.45, 7) is 3.46. The quantitative estimate of drug-likeness (QED) is 0.380. The highest BCUT2D eigenvalue weighted by molar-refractivity contribution is 5.79. The van der Waals surface area contributed by atoms with Gasteiger partial charge in [0.1, 0.15) is 0 Å². The van der Waals surface area contributed by atoms with Gasteiger partial charge in [-0.3, -0.25) is 9.89 Å². The van der Waals surface area contributed by atoms with E-state index in [1.807, 2.05) is 7.05 Å². The molecule has 1 aliphatic carbocycles. The van der Waals surface area contributed by atoms with Crippen LogP contribution in [0.1, 0.15) is 32.1 Å². The molecule has 0 aromatic carbocycles. The lowest BCUT2D eigenvalue weighted by Gasteiger charge is -2.32. The van der Waals surface area contributed by atoms with E-state index in [9.17, 15) is 13.2 Å². The number of halogens is 3. The highest BCUT2D eigenvalue weighted by atomic mass is 19.4. The second kappa shape index (κ2) is 10.3. The van der Waals surface area contributed by atoms with Crippen molar-refractivity contribution in [3.05, 3.63) is 0 Å². The van der Waals surface area contributed by atoms with E-state index in [4.69, 9.17) is 4.74 Å². The Labute approximate surface area is 155 Å². The van der Waals surface area contributed by atoms with Crippen molar-refractivity contribution in [3.63, 3.8) is 0 Å². The summed E-state index contributed by atoms with van der Waals surface area (Å²) in [6.07, 6.45) is 1.14. The number of nitrogens with zero attached hydrogens (tertiary/aromatic N) is 3. The molecule has 26 heavy (non-hydrogen) atoms.